The van der Waals surface area contributed by atoms with Crippen LogP contribution in [-0.4, -0.2) is 68.5 Å². The number of amides is 1. The summed E-state index contributed by atoms with van der Waals surface area (Å²) in [5.41, 5.74) is 5.98. The van der Waals surface area contributed by atoms with E-state index < -0.39 is 9.84 Å². The first-order valence-electron chi connectivity index (χ1n) is 10.1. The summed E-state index contributed by atoms with van der Waals surface area (Å²) in [6, 6.07) is 8.08. The Hall–Kier alpha value is -2.72. The zero-order chi connectivity index (χ0) is 21.6. The van der Waals surface area contributed by atoms with Crippen LogP contribution in [0.3, 0.4) is 0 Å². The summed E-state index contributed by atoms with van der Waals surface area (Å²) in [6.07, 6.45) is 3.30. The zero-order valence-electron chi connectivity index (χ0n) is 17.1. The van der Waals surface area contributed by atoms with E-state index in [-0.39, 0.29) is 21.5 Å². The van der Waals surface area contributed by atoms with Crippen LogP contribution in [0.2, 0.25) is 0 Å². The first-order valence-corrected chi connectivity index (χ1v) is 11.6. The number of rotatable bonds is 8. The highest BCUT2D eigenvalue weighted by atomic mass is 32.2. The lowest BCUT2D eigenvalue weighted by Gasteiger charge is -2.34. The maximum atomic E-state index is 12.8. The van der Waals surface area contributed by atoms with Crippen LogP contribution in [0, 0.1) is 0 Å². The van der Waals surface area contributed by atoms with E-state index in [0.717, 1.165) is 12.8 Å². The molecule has 0 bridgehead atoms. The smallest absolute Gasteiger partial charge is 0.234 e. The number of benzene rings is 1. The fourth-order valence-corrected chi connectivity index (χ4v) is 4.51. The topological polar surface area (TPSA) is 122 Å². The molecule has 162 valence electrons. The molecule has 0 spiro atoms. The maximum absolute atomic E-state index is 12.8. The second-order valence-electron chi connectivity index (χ2n) is 7.20. The van der Waals surface area contributed by atoms with Gasteiger partial charge < -0.3 is 16.0 Å². The second kappa shape index (κ2) is 9.86. The largest absolute Gasteiger partial charge is 0.382 e. The van der Waals surface area contributed by atoms with Gasteiger partial charge in [0.15, 0.2) is 0 Å². The molecule has 0 saturated carbocycles. The lowest BCUT2D eigenvalue weighted by molar-refractivity contribution is -0.122. The lowest BCUT2D eigenvalue weighted by Crippen LogP contribution is -2.50. The van der Waals surface area contributed by atoms with Crippen LogP contribution in [0.1, 0.15) is 19.8 Å². The lowest BCUT2D eigenvalue weighted by atomic mass is 10.3. The highest BCUT2D eigenvalue weighted by molar-refractivity contribution is 7.91. The number of carbonyl (C=O) groups is 1. The average Bonchev–Trinajstić information content (AvgIpc) is 2.75. The number of nitrogens with two attached hydrogens (primary N) is 1. The Balaban J connectivity index is 1.61. The molecule has 2 aromatic rings. The van der Waals surface area contributed by atoms with Crippen LogP contribution in [0.25, 0.3) is 0 Å². The SMILES string of the molecule is CCCCNC(=O)CN1CCN(c2ncc(S(=O)(=O)c3ccccc3)c(N)n2)CC1. The molecule has 3 rings (SSSR count). The molecular formula is C20H28N6O3S. The Morgan fingerprint density at radius 2 is 1.87 bits per heavy atom. The quantitative estimate of drug-likeness (QED) is 0.591. The van der Waals surface area contributed by atoms with Crippen molar-refractivity contribution >= 4 is 27.5 Å². The van der Waals surface area contributed by atoms with Gasteiger partial charge in [-0.25, -0.2) is 13.4 Å². The molecule has 3 N–H and O–H groups in total. The molecule has 0 radical (unpaired) electrons. The summed E-state index contributed by atoms with van der Waals surface area (Å²) >= 11 is 0. The van der Waals surface area contributed by atoms with E-state index in [2.05, 4.69) is 27.1 Å². The van der Waals surface area contributed by atoms with Gasteiger partial charge in [-0.2, -0.15) is 4.98 Å². The summed E-state index contributed by atoms with van der Waals surface area (Å²) in [4.78, 5) is 24.5. The molecule has 1 amide bonds. The fourth-order valence-electron chi connectivity index (χ4n) is 3.23. The molecule has 30 heavy (non-hydrogen) atoms. The van der Waals surface area contributed by atoms with Gasteiger partial charge in [0.2, 0.25) is 21.7 Å². The van der Waals surface area contributed by atoms with Gasteiger partial charge in [-0.05, 0) is 18.6 Å². The van der Waals surface area contributed by atoms with Crippen LogP contribution in [0.15, 0.2) is 46.3 Å². The number of nitrogen functional groups attached to an aromatic ring is 1. The van der Waals surface area contributed by atoms with Crippen molar-refractivity contribution in [1.82, 2.24) is 20.2 Å². The fraction of sp³-hybridized carbons (Fsp3) is 0.450. The Kier molecular flexibility index (Phi) is 7.22. The third-order valence-electron chi connectivity index (χ3n) is 4.99. The second-order valence-corrected chi connectivity index (χ2v) is 9.12. The van der Waals surface area contributed by atoms with Crippen molar-refractivity contribution in [2.24, 2.45) is 0 Å². The van der Waals surface area contributed by atoms with Gasteiger partial charge in [0, 0.05) is 32.7 Å². The summed E-state index contributed by atoms with van der Waals surface area (Å²) in [5, 5.41) is 2.92. The number of hydrogen-bond donors (Lipinski definition) is 2. The van der Waals surface area contributed by atoms with E-state index in [1.54, 1.807) is 18.2 Å². The van der Waals surface area contributed by atoms with E-state index in [4.69, 9.17) is 5.73 Å². The van der Waals surface area contributed by atoms with Gasteiger partial charge in [0.1, 0.15) is 10.7 Å². The number of aromatic nitrogens is 2. The number of nitrogens with one attached hydrogen (secondary N) is 1. The summed E-state index contributed by atoms with van der Waals surface area (Å²) in [7, 11) is -3.77. The van der Waals surface area contributed by atoms with Gasteiger partial charge >= 0.3 is 0 Å². The third-order valence-corrected chi connectivity index (χ3v) is 6.77. The number of carbonyl (C=O) groups excluding carboxylic acids is 1. The molecule has 1 fully saturated rings. The third kappa shape index (κ3) is 5.25. The molecule has 1 aliphatic heterocycles. The minimum absolute atomic E-state index is 0.0351. The summed E-state index contributed by atoms with van der Waals surface area (Å²) in [6.45, 7) is 5.81. The molecule has 1 saturated heterocycles. The van der Waals surface area contributed by atoms with E-state index >= 15 is 0 Å². The van der Waals surface area contributed by atoms with E-state index in [1.807, 2.05) is 4.90 Å². The van der Waals surface area contributed by atoms with Gasteiger partial charge in [0.25, 0.3) is 0 Å². The Labute approximate surface area is 177 Å². The predicted octanol–water partition coefficient (Wildman–Crippen LogP) is 0.930. The number of anilines is 2. The average molecular weight is 433 g/mol. The first kappa shape index (κ1) is 22.0. The minimum atomic E-state index is -3.77. The van der Waals surface area contributed by atoms with Crippen molar-refractivity contribution in [2.75, 3.05) is 49.9 Å². The van der Waals surface area contributed by atoms with Crippen molar-refractivity contribution in [3.05, 3.63) is 36.5 Å². The standard InChI is InChI=1S/C20H28N6O3S/c1-2-3-9-22-18(27)15-25-10-12-26(13-11-25)20-23-14-17(19(21)24-20)30(28,29)16-7-5-4-6-8-16/h4-8,14H,2-3,9-13,15H2,1H3,(H,22,27)(H2,21,23,24). The van der Waals surface area contributed by atoms with Crippen LogP contribution >= 0.6 is 0 Å². The molecule has 1 aromatic carbocycles. The van der Waals surface area contributed by atoms with Crippen LogP contribution in [0.5, 0.6) is 0 Å². The minimum Gasteiger partial charge on any atom is -0.382 e. The van der Waals surface area contributed by atoms with E-state index in [1.165, 1.54) is 18.3 Å². The van der Waals surface area contributed by atoms with Gasteiger partial charge in [-0.3, -0.25) is 9.69 Å². The molecule has 1 aromatic heterocycles. The van der Waals surface area contributed by atoms with Gasteiger partial charge in [-0.1, -0.05) is 31.5 Å². The van der Waals surface area contributed by atoms with Crippen molar-refractivity contribution in [3.8, 4) is 0 Å². The highest BCUT2D eigenvalue weighted by Crippen LogP contribution is 2.25. The molecule has 0 unspecified atom stereocenters. The molecule has 10 heteroatoms. The number of sulfone groups is 1. The van der Waals surface area contributed by atoms with E-state index in [0.29, 0.717) is 45.2 Å². The molecule has 9 nitrogen and oxygen atoms in total. The molecule has 0 aliphatic carbocycles. The monoisotopic (exact) mass is 432 g/mol. The number of piperazine rings is 1. The molecule has 1 aliphatic rings. The Bertz CT molecular complexity index is 960. The first-order chi connectivity index (χ1) is 14.4. The Morgan fingerprint density at radius 3 is 2.50 bits per heavy atom. The Morgan fingerprint density at radius 1 is 1.17 bits per heavy atom. The van der Waals surface area contributed by atoms with Crippen molar-refractivity contribution in [2.45, 2.75) is 29.6 Å². The molecular weight excluding hydrogens is 404 g/mol. The van der Waals surface area contributed by atoms with Gasteiger partial charge in [0.05, 0.1) is 17.6 Å². The van der Waals surface area contributed by atoms with Crippen molar-refractivity contribution < 1.29 is 13.2 Å². The zero-order valence-corrected chi connectivity index (χ0v) is 17.9. The normalized spacial score (nSPS) is 15.2. The molecule has 0 atom stereocenters. The predicted molar refractivity (Wildman–Crippen MR) is 115 cm³/mol. The number of nitrogens with zero attached hydrogens (tertiary/aromatic N) is 4. The number of unbranched alkanes of at least 4 members (excludes halogenated alkanes) is 1. The number of hydrogen-bond acceptors (Lipinski definition) is 8. The highest BCUT2D eigenvalue weighted by Gasteiger charge is 2.25. The van der Waals surface area contributed by atoms with Crippen molar-refractivity contribution in [3.63, 3.8) is 0 Å². The van der Waals surface area contributed by atoms with Crippen molar-refractivity contribution in [1.29, 1.82) is 0 Å². The summed E-state index contributed by atoms with van der Waals surface area (Å²) < 4.78 is 25.5. The van der Waals surface area contributed by atoms with Crippen LogP contribution < -0.4 is 16.0 Å². The molecule has 2 heterocycles. The summed E-state index contributed by atoms with van der Waals surface area (Å²) in [5.74, 6) is 0.362. The maximum Gasteiger partial charge on any atom is 0.234 e. The van der Waals surface area contributed by atoms with Crippen LogP contribution in [0.4, 0.5) is 11.8 Å². The van der Waals surface area contributed by atoms with Gasteiger partial charge in [-0.15, -0.1) is 0 Å². The van der Waals surface area contributed by atoms with Crippen LogP contribution in [-0.2, 0) is 14.6 Å². The van der Waals surface area contributed by atoms with E-state index in [9.17, 15) is 13.2 Å².